The van der Waals surface area contributed by atoms with Crippen molar-refractivity contribution in [1.29, 1.82) is 0 Å². The van der Waals surface area contributed by atoms with Gasteiger partial charge in [0.1, 0.15) is 23.0 Å². The van der Waals surface area contributed by atoms with Gasteiger partial charge >= 0.3 is 0 Å². The van der Waals surface area contributed by atoms with Crippen molar-refractivity contribution in [3.05, 3.63) is 58.1 Å². The molecule has 34 heavy (non-hydrogen) atoms. The fraction of sp³-hybridized carbons (Fsp3) is 0.385. The SMILES string of the molecule is CCCCCN1C(=O)C(=O)/C(=C(/O)c2cc(OC)c(Cl)cc2OC)C1c1ccc(OCC)cc1. The Bertz CT molecular complexity index is 1080. The largest absolute Gasteiger partial charge is 0.507 e. The number of aliphatic hydroxyl groups is 1. The van der Waals surface area contributed by atoms with Crippen molar-refractivity contribution in [2.24, 2.45) is 0 Å². The van der Waals surface area contributed by atoms with Crippen LogP contribution in [0.25, 0.3) is 5.76 Å². The fourth-order valence-corrected chi connectivity index (χ4v) is 4.32. The Labute approximate surface area is 204 Å². The predicted molar refractivity (Wildman–Crippen MR) is 131 cm³/mol. The normalized spacial score (nSPS) is 17.2. The molecule has 3 rings (SSSR count). The number of rotatable bonds is 10. The second kappa shape index (κ2) is 11.3. The summed E-state index contributed by atoms with van der Waals surface area (Å²) in [7, 11) is 2.88. The van der Waals surface area contributed by atoms with E-state index in [9.17, 15) is 14.7 Å². The van der Waals surface area contributed by atoms with Crippen LogP contribution in [0.2, 0.25) is 5.02 Å². The minimum absolute atomic E-state index is 0.00617. The van der Waals surface area contributed by atoms with Gasteiger partial charge in [-0.2, -0.15) is 0 Å². The van der Waals surface area contributed by atoms with Gasteiger partial charge in [-0.05, 0) is 37.1 Å². The highest BCUT2D eigenvalue weighted by Crippen LogP contribution is 2.43. The third kappa shape index (κ3) is 4.99. The van der Waals surface area contributed by atoms with Gasteiger partial charge in [0.25, 0.3) is 11.7 Å². The van der Waals surface area contributed by atoms with E-state index in [1.54, 1.807) is 24.3 Å². The van der Waals surface area contributed by atoms with Crippen LogP contribution in [-0.4, -0.2) is 49.1 Å². The van der Waals surface area contributed by atoms with Gasteiger partial charge < -0.3 is 24.2 Å². The number of unbranched alkanes of at least 4 members (excludes halogenated alkanes) is 2. The molecule has 7 nitrogen and oxygen atoms in total. The highest BCUT2D eigenvalue weighted by atomic mass is 35.5. The van der Waals surface area contributed by atoms with Crippen molar-refractivity contribution in [2.45, 2.75) is 39.2 Å². The first-order valence-electron chi connectivity index (χ1n) is 11.3. The Morgan fingerprint density at radius 2 is 1.71 bits per heavy atom. The molecule has 0 spiro atoms. The lowest BCUT2D eigenvalue weighted by molar-refractivity contribution is -0.139. The molecule has 2 aromatic rings. The first-order valence-corrected chi connectivity index (χ1v) is 11.7. The summed E-state index contributed by atoms with van der Waals surface area (Å²) in [4.78, 5) is 27.8. The Morgan fingerprint density at radius 3 is 2.29 bits per heavy atom. The summed E-state index contributed by atoms with van der Waals surface area (Å²) in [5.41, 5.74) is 0.903. The van der Waals surface area contributed by atoms with Crippen LogP contribution in [0.5, 0.6) is 17.2 Å². The summed E-state index contributed by atoms with van der Waals surface area (Å²) >= 11 is 6.21. The predicted octanol–water partition coefficient (Wildman–Crippen LogP) is 5.37. The van der Waals surface area contributed by atoms with E-state index >= 15 is 0 Å². The number of ether oxygens (including phenoxy) is 3. The quantitative estimate of drug-likeness (QED) is 0.210. The number of hydrogen-bond acceptors (Lipinski definition) is 6. The molecule has 1 aliphatic heterocycles. The highest BCUT2D eigenvalue weighted by Gasteiger charge is 2.46. The highest BCUT2D eigenvalue weighted by molar-refractivity contribution is 6.46. The van der Waals surface area contributed by atoms with Crippen molar-refractivity contribution in [1.82, 2.24) is 4.90 Å². The van der Waals surface area contributed by atoms with Gasteiger partial charge in [-0.25, -0.2) is 0 Å². The Balaban J connectivity index is 2.18. The van der Waals surface area contributed by atoms with Crippen LogP contribution >= 0.6 is 11.6 Å². The summed E-state index contributed by atoms with van der Waals surface area (Å²) < 4.78 is 16.2. The average molecular weight is 488 g/mol. The first-order chi connectivity index (χ1) is 16.4. The van der Waals surface area contributed by atoms with Gasteiger partial charge in [0.15, 0.2) is 0 Å². The first kappa shape index (κ1) is 25.4. The molecule has 0 aliphatic carbocycles. The molecule has 0 radical (unpaired) electrons. The van der Waals surface area contributed by atoms with Crippen molar-refractivity contribution >= 4 is 29.1 Å². The zero-order valence-corrected chi connectivity index (χ0v) is 20.6. The van der Waals surface area contributed by atoms with Crippen molar-refractivity contribution in [3.63, 3.8) is 0 Å². The summed E-state index contributed by atoms with van der Waals surface area (Å²) in [6, 6.07) is 9.43. The van der Waals surface area contributed by atoms with Gasteiger partial charge in [-0.1, -0.05) is 43.5 Å². The van der Waals surface area contributed by atoms with E-state index in [2.05, 4.69) is 6.92 Å². The summed E-state index contributed by atoms with van der Waals surface area (Å²) in [5, 5.41) is 11.7. The molecule has 0 saturated carbocycles. The van der Waals surface area contributed by atoms with Crippen molar-refractivity contribution in [2.75, 3.05) is 27.4 Å². The summed E-state index contributed by atoms with van der Waals surface area (Å²) in [5.74, 6) is -0.495. The van der Waals surface area contributed by atoms with Crippen LogP contribution in [0.1, 0.15) is 50.3 Å². The number of methoxy groups -OCH3 is 2. The monoisotopic (exact) mass is 487 g/mol. The van der Waals surface area contributed by atoms with E-state index < -0.39 is 17.7 Å². The van der Waals surface area contributed by atoms with Crippen LogP contribution in [-0.2, 0) is 9.59 Å². The van der Waals surface area contributed by atoms with Gasteiger partial charge in [0.05, 0.1) is 43.0 Å². The third-order valence-corrected chi connectivity index (χ3v) is 6.07. The van der Waals surface area contributed by atoms with E-state index in [4.69, 9.17) is 25.8 Å². The molecular formula is C26H30ClNO6. The lowest BCUT2D eigenvalue weighted by Gasteiger charge is -2.25. The van der Waals surface area contributed by atoms with E-state index in [-0.39, 0.29) is 22.6 Å². The molecule has 8 heteroatoms. The number of carbonyl (C=O) groups excluding carboxylic acids is 2. The molecule has 1 atom stereocenters. The van der Waals surface area contributed by atoms with Crippen LogP contribution in [0.4, 0.5) is 0 Å². The number of aliphatic hydroxyl groups excluding tert-OH is 1. The van der Waals surface area contributed by atoms with Gasteiger partial charge in [0.2, 0.25) is 0 Å². The van der Waals surface area contributed by atoms with Gasteiger partial charge in [-0.3, -0.25) is 9.59 Å². The molecule has 1 amide bonds. The van der Waals surface area contributed by atoms with Crippen LogP contribution in [0, 0.1) is 0 Å². The summed E-state index contributed by atoms with van der Waals surface area (Å²) in [6.07, 6.45) is 2.63. The smallest absolute Gasteiger partial charge is 0.295 e. The number of likely N-dealkylation sites (tertiary alicyclic amines) is 1. The fourth-order valence-electron chi connectivity index (χ4n) is 4.09. The number of benzene rings is 2. The van der Waals surface area contributed by atoms with E-state index in [1.165, 1.54) is 31.3 Å². The number of carbonyl (C=O) groups is 2. The molecule has 0 aromatic heterocycles. The number of nitrogens with zero attached hydrogens (tertiary/aromatic N) is 1. The number of Topliss-reactive ketones (excluding diaryl/α,β-unsaturated/α-hetero) is 1. The molecule has 0 bridgehead atoms. The number of hydrogen-bond donors (Lipinski definition) is 1. The molecule has 182 valence electrons. The minimum Gasteiger partial charge on any atom is -0.507 e. The van der Waals surface area contributed by atoms with E-state index in [1.807, 2.05) is 6.92 Å². The van der Waals surface area contributed by atoms with Crippen LogP contribution in [0.15, 0.2) is 42.0 Å². The second-order valence-corrected chi connectivity index (χ2v) is 8.30. The third-order valence-electron chi connectivity index (χ3n) is 5.78. The lowest BCUT2D eigenvalue weighted by atomic mass is 9.94. The number of halogens is 1. The molecule has 1 heterocycles. The molecule has 1 fully saturated rings. The molecule has 1 N–H and O–H groups in total. The maximum absolute atomic E-state index is 13.2. The Kier molecular flexibility index (Phi) is 8.45. The molecule has 1 aliphatic rings. The minimum atomic E-state index is -0.751. The number of ketones is 1. The Morgan fingerprint density at radius 1 is 1.03 bits per heavy atom. The molecular weight excluding hydrogens is 458 g/mol. The molecule has 2 aromatic carbocycles. The van der Waals surface area contributed by atoms with Crippen LogP contribution in [0.3, 0.4) is 0 Å². The van der Waals surface area contributed by atoms with Crippen molar-refractivity contribution in [3.8, 4) is 17.2 Å². The number of amides is 1. The van der Waals surface area contributed by atoms with Crippen molar-refractivity contribution < 1.29 is 28.9 Å². The van der Waals surface area contributed by atoms with E-state index in [0.29, 0.717) is 35.2 Å². The van der Waals surface area contributed by atoms with Crippen LogP contribution < -0.4 is 14.2 Å². The lowest BCUT2D eigenvalue weighted by Crippen LogP contribution is -2.30. The topological polar surface area (TPSA) is 85.3 Å². The van der Waals surface area contributed by atoms with Gasteiger partial charge in [-0.15, -0.1) is 0 Å². The molecule has 1 saturated heterocycles. The van der Waals surface area contributed by atoms with Gasteiger partial charge in [0, 0.05) is 12.6 Å². The maximum atomic E-state index is 13.2. The standard InChI is InChI=1S/C26H30ClNO6/c1-5-7-8-13-28-23(16-9-11-17(12-10-16)34-6-2)22(25(30)26(28)31)24(29)18-14-21(33-4)19(27)15-20(18)32-3/h9-12,14-15,23,29H,5-8,13H2,1-4H3/b24-22+. The Hall–Kier alpha value is -3.19. The van der Waals surface area contributed by atoms with E-state index in [0.717, 1.165) is 19.3 Å². The zero-order valence-electron chi connectivity index (χ0n) is 19.9. The molecule has 1 unspecified atom stereocenters. The summed E-state index contributed by atoms with van der Waals surface area (Å²) in [6.45, 7) is 4.88. The average Bonchev–Trinajstić information content (AvgIpc) is 3.09. The zero-order chi connectivity index (χ0) is 24.8. The maximum Gasteiger partial charge on any atom is 0.295 e. The second-order valence-electron chi connectivity index (χ2n) is 7.89.